The van der Waals surface area contributed by atoms with Crippen LogP contribution in [0.1, 0.15) is 15.9 Å². The van der Waals surface area contributed by atoms with Gasteiger partial charge in [0.25, 0.3) is 5.91 Å². The second-order valence-corrected chi connectivity index (χ2v) is 6.85. The third kappa shape index (κ3) is 2.46. The van der Waals surface area contributed by atoms with Crippen LogP contribution in [0.2, 0.25) is 0 Å². The molecule has 0 bridgehead atoms. The Balaban J connectivity index is 1.81. The molecule has 6 heteroatoms. The lowest BCUT2D eigenvalue weighted by Gasteiger charge is -2.14. The van der Waals surface area contributed by atoms with Gasteiger partial charge in [-0.05, 0) is 34.9 Å². The smallest absolute Gasteiger partial charge is 0.256 e. The van der Waals surface area contributed by atoms with Crippen molar-refractivity contribution in [3.05, 3.63) is 59.1 Å². The molecular weight excluding hydrogens is 332 g/mol. The van der Waals surface area contributed by atoms with Crippen molar-refractivity contribution < 1.29 is 4.79 Å². The van der Waals surface area contributed by atoms with E-state index in [0.29, 0.717) is 23.4 Å². The molecule has 2 N–H and O–H groups in total. The number of carbonyl (C=O) groups excluding carboxylic acids is 1. The number of nitrogen functional groups attached to an aromatic ring is 1. The van der Waals surface area contributed by atoms with E-state index in [2.05, 4.69) is 17.6 Å². The van der Waals surface area contributed by atoms with Gasteiger partial charge in [-0.1, -0.05) is 18.7 Å². The number of benzene rings is 2. The third-order valence-electron chi connectivity index (χ3n) is 4.38. The molecular formula is C19H14N4OS. The Morgan fingerprint density at radius 3 is 3.04 bits per heavy atom. The van der Waals surface area contributed by atoms with Crippen molar-refractivity contribution in [2.45, 2.75) is 6.54 Å². The number of nitrogens with zero attached hydrogens (tertiary/aromatic N) is 3. The summed E-state index contributed by atoms with van der Waals surface area (Å²) >= 11 is 1.58. The topological polar surface area (TPSA) is 83.0 Å². The molecule has 1 aliphatic rings. The van der Waals surface area contributed by atoms with Crippen LogP contribution in [-0.4, -0.2) is 22.3 Å². The molecule has 0 atom stereocenters. The maximum absolute atomic E-state index is 12.7. The number of fused-ring (bicyclic) bond motifs is 2. The number of aromatic nitrogens is 1. The lowest BCUT2D eigenvalue weighted by molar-refractivity contribution is 0.0795. The van der Waals surface area contributed by atoms with E-state index in [4.69, 9.17) is 11.0 Å². The molecule has 2 aromatic carbocycles. The zero-order valence-corrected chi connectivity index (χ0v) is 14.1. The second kappa shape index (κ2) is 5.72. The predicted octanol–water partition coefficient (Wildman–Crippen LogP) is 3.58. The zero-order valence-electron chi connectivity index (χ0n) is 13.3. The van der Waals surface area contributed by atoms with Crippen molar-refractivity contribution in [1.29, 1.82) is 5.26 Å². The van der Waals surface area contributed by atoms with E-state index in [0.717, 1.165) is 26.9 Å². The average Bonchev–Trinajstić information content (AvgIpc) is 3.20. The van der Waals surface area contributed by atoms with Gasteiger partial charge in [0.1, 0.15) is 0 Å². The van der Waals surface area contributed by atoms with Crippen molar-refractivity contribution in [3.8, 4) is 17.2 Å². The van der Waals surface area contributed by atoms with Gasteiger partial charge in [0.2, 0.25) is 0 Å². The molecule has 0 unspecified atom stereocenters. The van der Waals surface area contributed by atoms with E-state index < -0.39 is 0 Å². The number of hydrogen-bond donors (Lipinski definition) is 1. The van der Waals surface area contributed by atoms with Gasteiger partial charge in [0.15, 0.2) is 0 Å². The molecule has 0 saturated carbocycles. The number of amides is 1. The lowest BCUT2D eigenvalue weighted by atomic mass is 9.96. The van der Waals surface area contributed by atoms with Crippen molar-refractivity contribution in [3.63, 3.8) is 0 Å². The summed E-state index contributed by atoms with van der Waals surface area (Å²) in [5.41, 5.74) is 13.1. The average molecular weight is 346 g/mol. The van der Waals surface area contributed by atoms with Crippen LogP contribution in [-0.2, 0) is 6.54 Å². The standard InChI is InChI=1S/C19H14N4OS/c1-11(7-20)8-23-9-14-13(3-4-15(21)18(14)19(23)24)12-2-5-16-17(6-12)25-10-22-16/h2-6,10H,1,8-9,21H2. The number of thiazole rings is 1. The van der Waals surface area contributed by atoms with Gasteiger partial charge in [0, 0.05) is 17.8 Å². The highest BCUT2D eigenvalue weighted by Gasteiger charge is 2.32. The largest absolute Gasteiger partial charge is 0.398 e. The fourth-order valence-electron chi connectivity index (χ4n) is 3.19. The van der Waals surface area contributed by atoms with E-state index in [1.165, 1.54) is 0 Å². The van der Waals surface area contributed by atoms with Crippen LogP contribution in [0.5, 0.6) is 0 Å². The molecule has 5 nitrogen and oxygen atoms in total. The normalized spacial score (nSPS) is 13.1. The number of rotatable bonds is 3. The molecule has 0 radical (unpaired) electrons. The summed E-state index contributed by atoms with van der Waals surface area (Å²) in [5.74, 6) is -0.149. The molecule has 0 fully saturated rings. The van der Waals surface area contributed by atoms with Crippen molar-refractivity contribution >= 4 is 33.1 Å². The summed E-state index contributed by atoms with van der Waals surface area (Å²) < 4.78 is 1.10. The summed E-state index contributed by atoms with van der Waals surface area (Å²) in [4.78, 5) is 18.6. The van der Waals surface area contributed by atoms with Gasteiger partial charge < -0.3 is 10.6 Å². The maximum atomic E-state index is 12.7. The second-order valence-electron chi connectivity index (χ2n) is 5.97. The fourth-order valence-corrected chi connectivity index (χ4v) is 3.91. The van der Waals surface area contributed by atoms with Gasteiger partial charge in [-0.25, -0.2) is 4.98 Å². The molecule has 3 aromatic rings. The fraction of sp³-hybridized carbons (Fsp3) is 0.105. The monoisotopic (exact) mass is 346 g/mol. The minimum Gasteiger partial charge on any atom is -0.398 e. The Bertz CT molecular complexity index is 1080. The SMILES string of the molecule is C=C(C#N)CN1Cc2c(-c3ccc4ncsc4c3)ccc(N)c2C1=O. The highest BCUT2D eigenvalue weighted by molar-refractivity contribution is 7.16. The summed E-state index contributed by atoms with van der Waals surface area (Å²) in [6, 6.07) is 11.8. The molecule has 4 rings (SSSR count). The molecule has 1 aliphatic heterocycles. The summed E-state index contributed by atoms with van der Waals surface area (Å²) in [6.07, 6.45) is 0. The van der Waals surface area contributed by atoms with E-state index >= 15 is 0 Å². The Labute approximate surface area is 148 Å². The molecule has 2 heterocycles. The van der Waals surface area contributed by atoms with E-state index in [1.807, 2.05) is 29.8 Å². The molecule has 25 heavy (non-hydrogen) atoms. The van der Waals surface area contributed by atoms with E-state index in [-0.39, 0.29) is 12.5 Å². The lowest BCUT2D eigenvalue weighted by Crippen LogP contribution is -2.26. The Morgan fingerprint density at radius 1 is 1.40 bits per heavy atom. The van der Waals surface area contributed by atoms with Gasteiger partial charge in [-0.2, -0.15) is 5.26 Å². The van der Waals surface area contributed by atoms with Crippen molar-refractivity contribution in [2.24, 2.45) is 0 Å². The molecule has 0 saturated heterocycles. The van der Waals surface area contributed by atoms with Crippen LogP contribution in [0, 0.1) is 11.3 Å². The van der Waals surface area contributed by atoms with Crippen LogP contribution in [0.4, 0.5) is 5.69 Å². The van der Waals surface area contributed by atoms with Gasteiger partial charge in [-0.3, -0.25) is 4.79 Å². The minimum atomic E-state index is -0.149. The third-order valence-corrected chi connectivity index (χ3v) is 5.17. The number of hydrogen-bond acceptors (Lipinski definition) is 5. The first-order valence-electron chi connectivity index (χ1n) is 7.70. The Hall–Kier alpha value is -3.17. The van der Waals surface area contributed by atoms with Crippen LogP contribution in [0.25, 0.3) is 21.3 Å². The molecule has 1 amide bonds. The van der Waals surface area contributed by atoms with Gasteiger partial charge in [-0.15, -0.1) is 11.3 Å². The minimum absolute atomic E-state index is 0.149. The zero-order chi connectivity index (χ0) is 17.6. The highest BCUT2D eigenvalue weighted by Crippen LogP contribution is 2.37. The molecule has 122 valence electrons. The first kappa shape index (κ1) is 15.4. The van der Waals surface area contributed by atoms with Crippen LogP contribution in [0.3, 0.4) is 0 Å². The van der Waals surface area contributed by atoms with E-state index in [1.54, 1.807) is 22.3 Å². The Morgan fingerprint density at radius 2 is 2.24 bits per heavy atom. The van der Waals surface area contributed by atoms with Gasteiger partial charge in [0.05, 0.1) is 33.9 Å². The van der Waals surface area contributed by atoms with E-state index in [9.17, 15) is 4.79 Å². The molecule has 0 spiro atoms. The molecule has 0 aliphatic carbocycles. The summed E-state index contributed by atoms with van der Waals surface area (Å²) in [5, 5.41) is 8.95. The first-order valence-corrected chi connectivity index (χ1v) is 8.58. The number of anilines is 1. The maximum Gasteiger partial charge on any atom is 0.256 e. The number of carbonyl (C=O) groups is 1. The number of nitriles is 1. The first-order chi connectivity index (χ1) is 12.1. The van der Waals surface area contributed by atoms with Crippen LogP contribution >= 0.6 is 11.3 Å². The summed E-state index contributed by atoms with van der Waals surface area (Å²) in [6.45, 7) is 4.32. The summed E-state index contributed by atoms with van der Waals surface area (Å²) in [7, 11) is 0. The number of nitrogens with two attached hydrogens (primary N) is 1. The predicted molar refractivity (Wildman–Crippen MR) is 99.0 cm³/mol. The highest BCUT2D eigenvalue weighted by atomic mass is 32.1. The van der Waals surface area contributed by atoms with Crippen LogP contribution in [0.15, 0.2) is 48.0 Å². The van der Waals surface area contributed by atoms with Gasteiger partial charge >= 0.3 is 0 Å². The van der Waals surface area contributed by atoms with Crippen molar-refractivity contribution in [2.75, 3.05) is 12.3 Å². The Kier molecular flexibility index (Phi) is 3.52. The van der Waals surface area contributed by atoms with Crippen LogP contribution < -0.4 is 5.73 Å². The molecule has 1 aromatic heterocycles. The quantitative estimate of drug-likeness (QED) is 0.580. The van der Waals surface area contributed by atoms with Crippen molar-refractivity contribution in [1.82, 2.24) is 9.88 Å².